The van der Waals surface area contributed by atoms with E-state index in [0.717, 1.165) is 45.0 Å². The third-order valence-electron chi connectivity index (χ3n) is 5.65. The molecule has 0 saturated heterocycles. The van der Waals surface area contributed by atoms with Gasteiger partial charge in [-0.25, -0.2) is 0 Å². The molecule has 1 aromatic carbocycles. The molecular weight excluding hydrogens is 324 g/mol. The van der Waals surface area contributed by atoms with Crippen molar-refractivity contribution in [3.05, 3.63) is 36.5 Å². The summed E-state index contributed by atoms with van der Waals surface area (Å²) in [6, 6.07) is 10.7. The Morgan fingerprint density at radius 3 is 2.81 bits per heavy atom. The van der Waals surface area contributed by atoms with Gasteiger partial charge in [0.25, 0.3) is 0 Å². The predicted octanol–water partition coefficient (Wildman–Crippen LogP) is 3.40. The fourth-order valence-corrected chi connectivity index (χ4v) is 3.79. The molecule has 1 aliphatic rings. The first kappa shape index (κ1) is 18.8. The molecule has 0 bridgehead atoms. The van der Waals surface area contributed by atoms with Gasteiger partial charge in [-0.1, -0.05) is 24.6 Å². The Morgan fingerprint density at radius 2 is 2.08 bits per heavy atom. The Kier molecular flexibility index (Phi) is 6.56. The summed E-state index contributed by atoms with van der Waals surface area (Å²) in [5.74, 6) is 0.908. The van der Waals surface area contributed by atoms with E-state index in [4.69, 9.17) is 4.74 Å². The monoisotopic (exact) mass is 356 g/mol. The molecular formula is C21H32N4O. The number of ether oxygens (including phenoxy) is 1. The number of aliphatic imine (C=N–C) groups is 1. The smallest absolute Gasteiger partial charge is 0.190 e. The number of nitrogens with zero attached hydrogens (tertiary/aromatic N) is 2. The largest absolute Gasteiger partial charge is 0.385 e. The summed E-state index contributed by atoms with van der Waals surface area (Å²) in [7, 11) is 3.63. The molecule has 142 valence electrons. The summed E-state index contributed by atoms with van der Waals surface area (Å²) in [4.78, 5) is 4.37. The molecule has 5 heteroatoms. The van der Waals surface area contributed by atoms with Crippen molar-refractivity contribution in [3.8, 4) is 0 Å². The lowest BCUT2D eigenvalue weighted by Crippen LogP contribution is -2.47. The third kappa shape index (κ3) is 4.58. The molecule has 0 unspecified atom stereocenters. The van der Waals surface area contributed by atoms with Crippen molar-refractivity contribution in [2.24, 2.45) is 10.4 Å². The van der Waals surface area contributed by atoms with Crippen LogP contribution in [0.4, 0.5) is 0 Å². The van der Waals surface area contributed by atoms with Gasteiger partial charge in [0.1, 0.15) is 0 Å². The number of rotatable bonds is 9. The molecule has 1 aliphatic carbocycles. The first-order valence-corrected chi connectivity index (χ1v) is 9.74. The topological polar surface area (TPSA) is 50.6 Å². The SMILES string of the molecule is CN=C(NCCCn1ccc2ccccc21)NCC1(CCOC)CCC1. The first-order valence-electron chi connectivity index (χ1n) is 9.74. The van der Waals surface area contributed by atoms with Crippen molar-refractivity contribution < 1.29 is 4.74 Å². The van der Waals surface area contributed by atoms with Crippen LogP contribution in [0.5, 0.6) is 0 Å². The molecule has 2 N–H and O–H groups in total. The number of hydrogen-bond donors (Lipinski definition) is 2. The van der Waals surface area contributed by atoms with Crippen molar-refractivity contribution in [2.75, 3.05) is 33.9 Å². The minimum atomic E-state index is 0.400. The zero-order chi connectivity index (χ0) is 18.2. The van der Waals surface area contributed by atoms with Crippen molar-refractivity contribution in [1.82, 2.24) is 15.2 Å². The number of hydrogen-bond acceptors (Lipinski definition) is 2. The van der Waals surface area contributed by atoms with Crippen LogP contribution >= 0.6 is 0 Å². The van der Waals surface area contributed by atoms with Crippen molar-refractivity contribution >= 4 is 16.9 Å². The molecule has 1 fully saturated rings. The zero-order valence-electron chi connectivity index (χ0n) is 16.1. The van der Waals surface area contributed by atoms with E-state index in [9.17, 15) is 0 Å². The number of para-hydroxylation sites is 1. The number of fused-ring (bicyclic) bond motifs is 1. The van der Waals surface area contributed by atoms with Crippen LogP contribution < -0.4 is 10.6 Å². The fraction of sp³-hybridized carbons (Fsp3) is 0.571. The van der Waals surface area contributed by atoms with Crippen LogP contribution in [0.1, 0.15) is 32.1 Å². The summed E-state index contributed by atoms with van der Waals surface area (Å²) in [6.45, 7) is 3.75. The Balaban J connectivity index is 1.40. The van der Waals surface area contributed by atoms with Gasteiger partial charge in [-0.05, 0) is 48.6 Å². The number of methoxy groups -OCH3 is 1. The Morgan fingerprint density at radius 1 is 1.23 bits per heavy atom. The summed E-state index contributed by atoms with van der Waals surface area (Å²) in [5, 5.41) is 8.28. The molecule has 0 spiro atoms. The molecule has 2 aromatic rings. The van der Waals surface area contributed by atoms with E-state index in [1.165, 1.54) is 30.2 Å². The van der Waals surface area contributed by atoms with Gasteiger partial charge >= 0.3 is 0 Å². The third-order valence-corrected chi connectivity index (χ3v) is 5.65. The van der Waals surface area contributed by atoms with Gasteiger partial charge in [0.05, 0.1) is 0 Å². The maximum atomic E-state index is 5.28. The van der Waals surface area contributed by atoms with Gasteiger partial charge < -0.3 is 19.9 Å². The maximum Gasteiger partial charge on any atom is 0.190 e. The minimum absolute atomic E-state index is 0.400. The first-order chi connectivity index (χ1) is 12.8. The van der Waals surface area contributed by atoms with Gasteiger partial charge in [-0.2, -0.15) is 0 Å². The second kappa shape index (κ2) is 9.08. The molecule has 26 heavy (non-hydrogen) atoms. The van der Waals surface area contributed by atoms with Crippen LogP contribution in [0, 0.1) is 5.41 Å². The van der Waals surface area contributed by atoms with Gasteiger partial charge in [0.2, 0.25) is 0 Å². The van der Waals surface area contributed by atoms with E-state index >= 15 is 0 Å². The number of nitrogens with one attached hydrogen (secondary N) is 2. The van der Waals surface area contributed by atoms with E-state index in [1.807, 2.05) is 7.05 Å². The van der Waals surface area contributed by atoms with Gasteiger partial charge in [0.15, 0.2) is 5.96 Å². The molecule has 1 saturated carbocycles. The average molecular weight is 357 g/mol. The van der Waals surface area contributed by atoms with Crippen LogP contribution in [0.15, 0.2) is 41.5 Å². The fourth-order valence-electron chi connectivity index (χ4n) is 3.79. The lowest BCUT2D eigenvalue weighted by molar-refractivity contribution is 0.0732. The summed E-state index contributed by atoms with van der Waals surface area (Å²) in [5.41, 5.74) is 1.71. The summed E-state index contributed by atoms with van der Waals surface area (Å²) < 4.78 is 7.60. The number of aromatic nitrogens is 1. The predicted molar refractivity (Wildman–Crippen MR) is 109 cm³/mol. The summed E-state index contributed by atoms with van der Waals surface area (Å²) in [6.07, 6.45) is 8.29. The molecule has 3 rings (SSSR count). The van der Waals surface area contributed by atoms with Gasteiger partial charge in [-0.3, -0.25) is 4.99 Å². The van der Waals surface area contributed by atoms with E-state index < -0.39 is 0 Å². The van der Waals surface area contributed by atoms with E-state index in [-0.39, 0.29) is 0 Å². The van der Waals surface area contributed by atoms with Crippen LogP contribution in [-0.4, -0.2) is 44.4 Å². The van der Waals surface area contributed by atoms with Gasteiger partial charge in [-0.15, -0.1) is 0 Å². The highest BCUT2D eigenvalue weighted by Gasteiger charge is 2.36. The van der Waals surface area contributed by atoms with Crippen LogP contribution in [-0.2, 0) is 11.3 Å². The second-order valence-corrected chi connectivity index (χ2v) is 7.37. The highest BCUT2D eigenvalue weighted by Crippen LogP contribution is 2.43. The highest BCUT2D eigenvalue weighted by atomic mass is 16.5. The quantitative estimate of drug-likeness (QED) is 0.411. The van der Waals surface area contributed by atoms with Crippen LogP contribution in [0.25, 0.3) is 10.9 Å². The molecule has 0 amide bonds. The summed E-state index contributed by atoms with van der Waals surface area (Å²) >= 11 is 0. The van der Waals surface area contributed by atoms with Gasteiger partial charge in [0, 0.05) is 52.1 Å². The second-order valence-electron chi connectivity index (χ2n) is 7.37. The van der Waals surface area contributed by atoms with E-state index in [2.05, 4.69) is 56.7 Å². The maximum absolute atomic E-state index is 5.28. The normalized spacial score (nSPS) is 16.5. The molecule has 1 heterocycles. The number of aryl methyl sites for hydroxylation is 1. The highest BCUT2D eigenvalue weighted by molar-refractivity contribution is 5.80. The molecule has 0 aliphatic heterocycles. The number of benzene rings is 1. The molecule has 5 nitrogen and oxygen atoms in total. The van der Waals surface area contributed by atoms with Crippen molar-refractivity contribution in [2.45, 2.75) is 38.6 Å². The van der Waals surface area contributed by atoms with E-state index in [1.54, 1.807) is 7.11 Å². The van der Waals surface area contributed by atoms with E-state index in [0.29, 0.717) is 5.41 Å². The van der Waals surface area contributed by atoms with Crippen LogP contribution in [0.3, 0.4) is 0 Å². The Labute approximate surface area is 156 Å². The Hall–Kier alpha value is -2.01. The van der Waals surface area contributed by atoms with Crippen molar-refractivity contribution in [3.63, 3.8) is 0 Å². The lowest BCUT2D eigenvalue weighted by atomic mass is 9.67. The zero-order valence-corrected chi connectivity index (χ0v) is 16.1. The molecule has 1 aromatic heterocycles. The minimum Gasteiger partial charge on any atom is -0.385 e. The molecule has 0 radical (unpaired) electrons. The average Bonchev–Trinajstić information content (AvgIpc) is 3.05. The standard InChI is InChI=1S/C21H32N4O/c1-22-20(24-17-21(10-5-11-21)12-16-26-2)23-13-6-14-25-15-9-18-7-3-4-8-19(18)25/h3-4,7-9,15H,5-6,10-14,16-17H2,1-2H3,(H2,22,23,24). The molecule has 0 atom stereocenters. The number of guanidine groups is 1. The Bertz CT molecular complexity index is 718. The van der Waals surface area contributed by atoms with Crippen molar-refractivity contribution in [1.29, 1.82) is 0 Å². The lowest BCUT2D eigenvalue weighted by Gasteiger charge is -2.42. The van der Waals surface area contributed by atoms with Crippen LogP contribution in [0.2, 0.25) is 0 Å².